The van der Waals surface area contributed by atoms with Crippen LogP contribution in [0.5, 0.6) is 0 Å². The minimum absolute atomic E-state index is 0.00469. The van der Waals surface area contributed by atoms with Crippen LogP contribution in [0.3, 0.4) is 0 Å². The zero-order valence-corrected chi connectivity index (χ0v) is 22.9. The third kappa shape index (κ3) is 8.53. The molecule has 200 valence electrons. The molecule has 0 saturated carbocycles. The lowest BCUT2D eigenvalue weighted by molar-refractivity contribution is -0.174. The van der Waals surface area contributed by atoms with Gasteiger partial charge in [-0.25, -0.2) is 4.79 Å². The lowest BCUT2D eigenvalue weighted by atomic mass is 10.1. The number of Topliss-reactive ketones (excluding diaryl/α,β-unsaturated/α-hetero) is 1. The van der Waals surface area contributed by atoms with Gasteiger partial charge in [0.2, 0.25) is 11.7 Å². The number of ether oxygens (including phenoxy) is 3. The number of benzene rings is 2. The van der Waals surface area contributed by atoms with Crippen molar-refractivity contribution >= 4 is 52.5 Å². The zero-order chi connectivity index (χ0) is 27.8. The quantitative estimate of drug-likeness (QED) is 0.224. The highest BCUT2D eigenvalue weighted by atomic mass is 35.5. The number of halogens is 2. The molecule has 0 aliphatic heterocycles. The Hall–Kier alpha value is -2.98. The largest absolute Gasteiger partial charge is 0.449 e. The van der Waals surface area contributed by atoms with Gasteiger partial charge in [0.25, 0.3) is 5.91 Å². The van der Waals surface area contributed by atoms with Crippen molar-refractivity contribution in [3.05, 3.63) is 63.6 Å². The minimum Gasteiger partial charge on any atom is -0.449 e. The number of ketones is 1. The molecular formula is C26H30Cl2N2O7. The van der Waals surface area contributed by atoms with E-state index in [1.807, 2.05) is 0 Å². The fourth-order valence-electron chi connectivity index (χ4n) is 3.48. The van der Waals surface area contributed by atoms with Gasteiger partial charge >= 0.3 is 5.97 Å². The molecule has 0 unspecified atom stereocenters. The molecule has 2 amide bonds. The predicted octanol–water partition coefficient (Wildman–Crippen LogP) is 3.78. The second kappa shape index (κ2) is 13.5. The van der Waals surface area contributed by atoms with Gasteiger partial charge in [0, 0.05) is 39.6 Å². The average molecular weight is 553 g/mol. The zero-order valence-electron chi connectivity index (χ0n) is 21.4. The maximum Gasteiger partial charge on any atom is 0.375 e. The smallest absolute Gasteiger partial charge is 0.375 e. The molecule has 0 aromatic heterocycles. The highest BCUT2D eigenvalue weighted by Crippen LogP contribution is 2.26. The predicted molar refractivity (Wildman–Crippen MR) is 140 cm³/mol. The van der Waals surface area contributed by atoms with E-state index in [9.17, 15) is 19.2 Å². The molecule has 0 aliphatic rings. The Morgan fingerprint density at radius 2 is 1.49 bits per heavy atom. The Balaban J connectivity index is 2.29. The molecule has 0 bridgehead atoms. The van der Waals surface area contributed by atoms with E-state index in [0.29, 0.717) is 26.9 Å². The van der Waals surface area contributed by atoms with Crippen LogP contribution >= 0.6 is 23.2 Å². The first-order chi connectivity index (χ1) is 17.4. The van der Waals surface area contributed by atoms with Crippen molar-refractivity contribution in [2.45, 2.75) is 25.5 Å². The minimum atomic E-state index is -1.20. The molecule has 0 radical (unpaired) electrons. The molecule has 0 saturated heterocycles. The molecule has 0 spiro atoms. The first kappa shape index (κ1) is 30.2. The van der Waals surface area contributed by atoms with Crippen LogP contribution in [0.25, 0.3) is 0 Å². The van der Waals surface area contributed by atoms with Crippen LogP contribution in [0.2, 0.25) is 10.0 Å². The van der Waals surface area contributed by atoms with Crippen LogP contribution in [0.4, 0.5) is 5.69 Å². The number of carbonyl (C=O) groups excluding carboxylic acids is 4. The summed E-state index contributed by atoms with van der Waals surface area (Å²) >= 11 is 12.1. The molecule has 9 nitrogen and oxygen atoms in total. The van der Waals surface area contributed by atoms with Crippen molar-refractivity contribution in [3.8, 4) is 0 Å². The Morgan fingerprint density at radius 3 is 2.00 bits per heavy atom. The van der Waals surface area contributed by atoms with Crippen LogP contribution in [-0.2, 0) is 35.1 Å². The molecular weight excluding hydrogens is 523 g/mol. The van der Waals surface area contributed by atoms with Crippen LogP contribution in [0.15, 0.2) is 42.5 Å². The van der Waals surface area contributed by atoms with Crippen LogP contribution in [0.1, 0.15) is 29.3 Å². The third-order valence-corrected chi connectivity index (χ3v) is 5.97. The van der Waals surface area contributed by atoms with Gasteiger partial charge in [-0.1, -0.05) is 29.3 Å². The summed E-state index contributed by atoms with van der Waals surface area (Å²) in [5, 5.41) is 0.650. The van der Waals surface area contributed by atoms with Crippen molar-refractivity contribution in [2.75, 3.05) is 46.4 Å². The fraction of sp³-hybridized carbons (Fsp3) is 0.385. The second-order valence-electron chi connectivity index (χ2n) is 8.78. The second-order valence-corrected chi connectivity index (χ2v) is 9.59. The van der Waals surface area contributed by atoms with E-state index in [2.05, 4.69) is 0 Å². The van der Waals surface area contributed by atoms with Crippen LogP contribution in [0, 0.1) is 0 Å². The highest BCUT2D eigenvalue weighted by Gasteiger charge is 2.33. The molecule has 2 aromatic rings. The highest BCUT2D eigenvalue weighted by molar-refractivity contribution is 6.42. The van der Waals surface area contributed by atoms with Gasteiger partial charge in [0.05, 0.1) is 36.2 Å². The summed E-state index contributed by atoms with van der Waals surface area (Å²) < 4.78 is 15.4. The first-order valence-electron chi connectivity index (χ1n) is 11.2. The van der Waals surface area contributed by atoms with E-state index in [1.54, 1.807) is 63.5 Å². The van der Waals surface area contributed by atoms with Crippen molar-refractivity contribution in [3.63, 3.8) is 0 Å². The molecule has 37 heavy (non-hydrogen) atoms. The fourth-order valence-corrected chi connectivity index (χ4v) is 3.80. The molecule has 11 heteroatoms. The molecule has 0 fully saturated rings. The number of anilines is 1. The Morgan fingerprint density at radius 1 is 0.892 bits per heavy atom. The molecule has 0 heterocycles. The molecule has 2 aromatic carbocycles. The summed E-state index contributed by atoms with van der Waals surface area (Å²) in [6, 6.07) is 11.2. The van der Waals surface area contributed by atoms with Crippen LogP contribution < -0.4 is 4.90 Å². The van der Waals surface area contributed by atoms with E-state index in [-0.39, 0.29) is 25.7 Å². The third-order valence-electron chi connectivity index (χ3n) is 5.24. The number of methoxy groups -OCH3 is 2. The molecule has 0 atom stereocenters. The summed E-state index contributed by atoms with van der Waals surface area (Å²) in [5.41, 5.74) is 0.273. The van der Waals surface area contributed by atoms with Gasteiger partial charge in [-0.15, -0.1) is 0 Å². The average Bonchev–Trinajstić information content (AvgIpc) is 2.84. The topological polar surface area (TPSA) is 102 Å². The number of esters is 1. The van der Waals surface area contributed by atoms with E-state index < -0.39 is 29.7 Å². The standard InChI is InChI=1S/C26H30Cl2N2O7/c1-26(15-35-4,16-36-5)37-25(34)22(31)13-23(32)30(14-17-6-11-20(27)21(28)12-17)19-9-7-18(8-10-19)24(33)29(2)3/h6-12H,13-16H2,1-5H3. The van der Waals surface area contributed by atoms with E-state index in [1.165, 1.54) is 24.0 Å². The maximum absolute atomic E-state index is 13.3. The SMILES string of the molecule is COCC(C)(COC)OC(=O)C(=O)CC(=O)N(Cc1ccc(Cl)c(Cl)c1)c1ccc(C(=O)N(C)C)cc1. The number of carbonyl (C=O) groups is 4. The van der Waals surface area contributed by atoms with Gasteiger partial charge in [0.1, 0.15) is 0 Å². The van der Waals surface area contributed by atoms with E-state index >= 15 is 0 Å². The lowest BCUT2D eigenvalue weighted by Gasteiger charge is -2.28. The molecule has 0 aliphatic carbocycles. The van der Waals surface area contributed by atoms with E-state index in [0.717, 1.165) is 0 Å². The molecule has 2 rings (SSSR count). The Labute approximate surface area is 226 Å². The van der Waals surface area contributed by atoms with Crippen molar-refractivity contribution in [1.29, 1.82) is 0 Å². The van der Waals surface area contributed by atoms with Crippen molar-refractivity contribution in [2.24, 2.45) is 0 Å². The molecule has 0 N–H and O–H groups in total. The maximum atomic E-state index is 13.3. The summed E-state index contributed by atoms with van der Waals surface area (Å²) in [7, 11) is 6.10. The normalized spacial score (nSPS) is 11.1. The number of hydrogen-bond acceptors (Lipinski definition) is 7. The van der Waals surface area contributed by atoms with Crippen molar-refractivity contribution in [1.82, 2.24) is 4.90 Å². The summed E-state index contributed by atoms with van der Waals surface area (Å²) in [5.74, 6) is -3.06. The van der Waals surface area contributed by atoms with Crippen LogP contribution in [-0.4, -0.2) is 75.6 Å². The number of nitrogens with zero attached hydrogens (tertiary/aromatic N) is 2. The number of rotatable bonds is 12. The monoisotopic (exact) mass is 552 g/mol. The van der Waals surface area contributed by atoms with Gasteiger partial charge in [0.15, 0.2) is 5.60 Å². The number of amides is 2. The Kier molecular flexibility index (Phi) is 11.1. The van der Waals surface area contributed by atoms with Gasteiger partial charge < -0.3 is 24.0 Å². The first-order valence-corrected chi connectivity index (χ1v) is 12.0. The Bertz CT molecular complexity index is 1130. The summed E-state index contributed by atoms with van der Waals surface area (Å²) in [6.07, 6.45) is -0.741. The summed E-state index contributed by atoms with van der Waals surface area (Å²) in [4.78, 5) is 53.4. The summed E-state index contributed by atoms with van der Waals surface area (Å²) in [6.45, 7) is 1.58. The van der Waals surface area contributed by atoms with Crippen molar-refractivity contribution < 1.29 is 33.4 Å². The van der Waals surface area contributed by atoms with E-state index in [4.69, 9.17) is 37.4 Å². The number of hydrogen-bond donors (Lipinski definition) is 0. The van der Waals surface area contributed by atoms with Gasteiger partial charge in [-0.3, -0.25) is 14.4 Å². The lowest BCUT2D eigenvalue weighted by Crippen LogP contribution is -2.43. The van der Waals surface area contributed by atoms with Gasteiger partial charge in [-0.05, 0) is 48.9 Å². The van der Waals surface area contributed by atoms with Gasteiger partial charge in [-0.2, -0.15) is 0 Å².